The minimum Gasteiger partial charge on any atom is -0.445 e. The van der Waals surface area contributed by atoms with Crippen molar-refractivity contribution in [3.8, 4) is 0 Å². The molecule has 2 aromatic rings. The second kappa shape index (κ2) is 8.37. The SMILES string of the molecule is CC1(C)OB(c2ccc(CCNC(=O)OCc3ccccc3)cc2)OC1(C)C. The highest BCUT2D eigenvalue weighted by atomic mass is 16.7. The Labute approximate surface area is 167 Å². The summed E-state index contributed by atoms with van der Waals surface area (Å²) in [7, 11) is -0.356. The molecule has 0 radical (unpaired) electrons. The maximum Gasteiger partial charge on any atom is 0.494 e. The van der Waals surface area contributed by atoms with Crippen LogP contribution in [0.4, 0.5) is 4.79 Å². The molecule has 0 unspecified atom stereocenters. The lowest BCUT2D eigenvalue weighted by molar-refractivity contribution is 0.00578. The van der Waals surface area contributed by atoms with Crippen molar-refractivity contribution in [3.63, 3.8) is 0 Å². The molecule has 1 heterocycles. The number of ether oxygens (including phenoxy) is 1. The van der Waals surface area contributed by atoms with Crippen LogP contribution >= 0.6 is 0 Å². The van der Waals surface area contributed by atoms with Crippen LogP contribution in [0.3, 0.4) is 0 Å². The molecule has 0 atom stereocenters. The van der Waals surface area contributed by atoms with Crippen molar-refractivity contribution in [1.82, 2.24) is 5.32 Å². The first-order chi connectivity index (χ1) is 13.3. The maximum absolute atomic E-state index is 11.8. The van der Waals surface area contributed by atoms with Crippen LogP contribution in [-0.2, 0) is 27.1 Å². The Bertz CT molecular complexity index is 774. The zero-order valence-electron chi connectivity index (χ0n) is 17.0. The van der Waals surface area contributed by atoms with Gasteiger partial charge in [0, 0.05) is 6.54 Å². The zero-order chi connectivity index (χ0) is 20.2. The van der Waals surface area contributed by atoms with E-state index in [9.17, 15) is 4.79 Å². The van der Waals surface area contributed by atoms with Gasteiger partial charge in [0.05, 0.1) is 11.2 Å². The molecule has 2 aromatic carbocycles. The van der Waals surface area contributed by atoms with E-state index < -0.39 is 6.09 Å². The number of rotatable bonds is 6. The molecule has 3 rings (SSSR count). The van der Waals surface area contributed by atoms with Gasteiger partial charge >= 0.3 is 13.2 Å². The second-order valence-corrected chi connectivity index (χ2v) is 8.07. The van der Waals surface area contributed by atoms with Gasteiger partial charge in [-0.05, 0) is 50.7 Å². The Hall–Kier alpha value is -2.31. The fraction of sp³-hybridized carbons (Fsp3) is 0.409. The minimum atomic E-state index is -0.405. The second-order valence-electron chi connectivity index (χ2n) is 8.07. The third-order valence-corrected chi connectivity index (χ3v) is 5.40. The monoisotopic (exact) mass is 381 g/mol. The van der Waals surface area contributed by atoms with Crippen molar-refractivity contribution < 1.29 is 18.8 Å². The third-order valence-electron chi connectivity index (χ3n) is 5.40. The molecule has 0 saturated carbocycles. The van der Waals surface area contributed by atoms with E-state index >= 15 is 0 Å². The molecular weight excluding hydrogens is 353 g/mol. The number of benzene rings is 2. The highest BCUT2D eigenvalue weighted by Gasteiger charge is 2.51. The molecule has 0 spiro atoms. The summed E-state index contributed by atoms with van der Waals surface area (Å²) in [5, 5.41) is 2.78. The quantitative estimate of drug-likeness (QED) is 0.779. The molecule has 1 aliphatic heterocycles. The summed E-state index contributed by atoms with van der Waals surface area (Å²) >= 11 is 0. The van der Waals surface area contributed by atoms with Crippen molar-refractivity contribution in [2.45, 2.75) is 51.9 Å². The van der Waals surface area contributed by atoms with E-state index in [0.717, 1.165) is 23.0 Å². The van der Waals surface area contributed by atoms with Gasteiger partial charge in [-0.15, -0.1) is 0 Å². The Morgan fingerprint density at radius 2 is 1.54 bits per heavy atom. The van der Waals surface area contributed by atoms with E-state index in [1.807, 2.05) is 82.3 Å². The first-order valence-electron chi connectivity index (χ1n) is 9.66. The molecule has 148 valence electrons. The minimum absolute atomic E-state index is 0.273. The van der Waals surface area contributed by atoms with Crippen LogP contribution < -0.4 is 10.8 Å². The molecule has 5 nitrogen and oxygen atoms in total. The number of hydrogen-bond donors (Lipinski definition) is 1. The van der Waals surface area contributed by atoms with E-state index in [0.29, 0.717) is 6.54 Å². The Morgan fingerprint density at radius 3 is 2.14 bits per heavy atom. The molecule has 0 aliphatic carbocycles. The van der Waals surface area contributed by atoms with Crippen LogP contribution in [0, 0.1) is 0 Å². The summed E-state index contributed by atoms with van der Waals surface area (Å²) in [6, 6.07) is 17.7. The molecule has 0 aromatic heterocycles. The summed E-state index contributed by atoms with van der Waals surface area (Å²) in [6.45, 7) is 8.97. The van der Waals surface area contributed by atoms with Gasteiger partial charge in [-0.25, -0.2) is 4.79 Å². The van der Waals surface area contributed by atoms with Crippen molar-refractivity contribution in [2.24, 2.45) is 0 Å². The molecule has 1 aliphatic rings. The predicted octanol–water partition coefficient (Wildman–Crippen LogP) is 3.45. The number of hydrogen-bond acceptors (Lipinski definition) is 4. The molecule has 1 saturated heterocycles. The average molecular weight is 381 g/mol. The largest absolute Gasteiger partial charge is 0.494 e. The predicted molar refractivity (Wildman–Crippen MR) is 110 cm³/mol. The Morgan fingerprint density at radius 1 is 0.929 bits per heavy atom. The lowest BCUT2D eigenvalue weighted by Crippen LogP contribution is -2.41. The third kappa shape index (κ3) is 4.94. The summed E-state index contributed by atoms with van der Waals surface area (Å²) in [6.07, 6.45) is 0.321. The van der Waals surface area contributed by atoms with Gasteiger partial charge in [0.1, 0.15) is 6.61 Å². The van der Waals surface area contributed by atoms with Gasteiger partial charge in [-0.1, -0.05) is 54.6 Å². The number of nitrogens with one attached hydrogen (secondary N) is 1. The molecule has 6 heteroatoms. The normalized spacial score (nSPS) is 17.4. The summed E-state index contributed by atoms with van der Waals surface area (Å²) in [5.41, 5.74) is 2.40. The van der Waals surface area contributed by atoms with E-state index in [4.69, 9.17) is 14.0 Å². The highest BCUT2D eigenvalue weighted by molar-refractivity contribution is 6.62. The Balaban J connectivity index is 1.43. The lowest BCUT2D eigenvalue weighted by atomic mass is 9.79. The van der Waals surface area contributed by atoms with Crippen LogP contribution in [0.15, 0.2) is 54.6 Å². The van der Waals surface area contributed by atoms with Gasteiger partial charge in [0.25, 0.3) is 0 Å². The van der Waals surface area contributed by atoms with Gasteiger partial charge in [0.2, 0.25) is 0 Å². The van der Waals surface area contributed by atoms with Crippen LogP contribution in [0.1, 0.15) is 38.8 Å². The molecule has 1 N–H and O–H groups in total. The summed E-state index contributed by atoms with van der Waals surface area (Å²) in [4.78, 5) is 11.8. The smallest absolute Gasteiger partial charge is 0.445 e. The molecule has 1 fully saturated rings. The number of alkyl carbamates (subject to hydrolysis) is 1. The Kier molecular flexibility index (Phi) is 6.11. The van der Waals surface area contributed by atoms with E-state index in [1.165, 1.54) is 0 Å². The van der Waals surface area contributed by atoms with E-state index in [2.05, 4.69) is 5.32 Å². The summed E-state index contributed by atoms with van der Waals surface area (Å²) < 4.78 is 17.3. The fourth-order valence-corrected chi connectivity index (χ4v) is 2.90. The summed E-state index contributed by atoms with van der Waals surface area (Å²) in [5.74, 6) is 0. The fourth-order valence-electron chi connectivity index (χ4n) is 2.90. The highest BCUT2D eigenvalue weighted by Crippen LogP contribution is 2.36. The average Bonchev–Trinajstić information content (AvgIpc) is 2.89. The standard InChI is InChI=1S/C22H28BNO4/c1-21(2)22(3,4)28-23(27-21)19-12-10-17(11-13-19)14-15-24-20(25)26-16-18-8-6-5-7-9-18/h5-13H,14-16H2,1-4H3,(H,24,25). The lowest BCUT2D eigenvalue weighted by Gasteiger charge is -2.32. The van der Waals surface area contributed by atoms with E-state index in [-0.39, 0.29) is 24.9 Å². The van der Waals surface area contributed by atoms with Gasteiger partial charge < -0.3 is 19.4 Å². The van der Waals surface area contributed by atoms with Gasteiger partial charge in [-0.3, -0.25) is 0 Å². The van der Waals surface area contributed by atoms with Crippen molar-refractivity contribution in [1.29, 1.82) is 0 Å². The first-order valence-corrected chi connectivity index (χ1v) is 9.66. The molecule has 1 amide bonds. The van der Waals surface area contributed by atoms with Crippen molar-refractivity contribution >= 4 is 18.7 Å². The van der Waals surface area contributed by atoms with Crippen LogP contribution in [0.2, 0.25) is 0 Å². The van der Waals surface area contributed by atoms with Crippen LogP contribution in [-0.4, -0.2) is 31.0 Å². The van der Waals surface area contributed by atoms with Crippen LogP contribution in [0.25, 0.3) is 0 Å². The maximum atomic E-state index is 11.8. The number of carbonyl (C=O) groups is 1. The zero-order valence-corrected chi connectivity index (χ0v) is 17.0. The molecule has 28 heavy (non-hydrogen) atoms. The van der Waals surface area contributed by atoms with Gasteiger partial charge in [-0.2, -0.15) is 0 Å². The topological polar surface area (TPSA) is 56.8 Å². The molecule has 0 bridgehead atoms. The van der Waals surface area contributed by atoms with Crippen molar-refractivity contribution in [2.75, 3.05) is 6.54 Å². The molecular formula is C22H28BNO4. The van der Waals surface area contributed by atoms with Gasteiger partial charge in [0.15, 0.2) is 0 Å². The number of amides is 1. The number of carbonyl (C=O) groups excluding carboxylic acids is 1. The first kappa shape index (κ1) is 20.4. The van der Waals surface area contributed by atoms with Crippen LogP contribution in [0.5, 0.6) is 0 Å². The van der Waals surface area contributed by atoms with E-state index in [1.54, 1.807) is 0 Å². The van der Waals surface area contributed by atoms with Crippen molar-refractivity contribution in [3.05, 3.63) is 65.7 Å².